The number of hydrogen-bond donors (Lipinski definition) is 2. The van der Waals surface area contributed by atoms with Crippen molar-refractivity contribution in [1.82, 2.24) is 15.6 Å². The number of aryl methyl sites for hydroxylation is 1. The van der Waals surface area contributed by atoms with Crippen LogP contribution in [0.3, 0.4) is 0 Å². The third kappa shape index (κ3) is 9.09. The second-order valence-electron chi connectivity index (χ2n) is 8.64. The van der Waals surface area contributed by atoms with E-state index < -0.39 is 0 Å². The minimum absolute atomic E-state index is 0.0440. The van der Waals surface area contributed by atoms with Gasteiger partial charge in [0.05, 0.1) is 4.99 Å². The van der Waals surface area contributed by atoms with Crippen molar-refractivity contribution < 1.29 is 4.79 Å². The Balaban J connectivity index is 0.000000260. The van der Waals surface area contributed by atoms with Crippen molar-refractivity contribution in [1.29, 1.82) is 0 Å². The smallest absolute Gasteiger partial charge is 0.251 e. The summed E-state index contributed by atoms with van der Waals surface area (Å²) >= 11 is 5.07. The van der Waals surface area contributed by atoms with Crippen LogP contribution < -0.4 is 10.6 Å². The van der Waals surface area contributed by atoms with Gasteiger partial charge in [-0.1, -0.05) is 104 Å². The number of thiocarbonyl (C=S) groups is 1. The third-order valence-electron chi connectivity index (χ3n) is 5.92. The largest absolute Gasteiger partial charge is 0.375 e. The Labute approximate surface area is 231 Å². The van der Waals surface area contributed by atoms with E-state index in [1.807, 2.05) is 72.8 Å². The summed E-state index contributed by atoms with van der Waals surface area (Å²) in [4.78, 5) is 17.8. The van der Waals surface area contributed by atoms with Gasteiger partial charge in [-0.25, -0.2) is 0 Å². The molecule has 38 heavy (non-hydrogen) atoms. The Morgan fingerprint density at radius 2 is 1.55 bits per heavy atom. The SMILES string of the molecule is C=CCC(=S)NCc1ccccc1.CCc1ccccc1-c1ccccc1C(=O)NCCc1ccccn1. The molecule has 0 spiro atoms. The summed E-state index contributed by atoms with van der Waals surface area (Å²) in [6, 6.07) is 32.1. The molecule has 194 valence electrons. The van der Waals surface area contributed by atoms with Gasteiger partial charge < -0.3 is 10.6 Å². The fraction of sp³-hybridized carbons (Fsp3) is 0.182. The van der Waals surface area contributed by atoms with E-state index in [9.17, 15) is 4.79 Å². The minimum Gasteiger partial charge on any atom is -0.375 e. The predicted molar refractivity (Wildman–Crippen MR) is 162 cm³/mol. The predicted octanol–water partition coefficient (Wildman–Crippen LogP) is 6.96. The maximum atomic E-state index is 12.7. The van der Waals surface area contributed by atoms with Crippen molar-refractivity contribution in [3.8, 4) is 11.1 Å². The van der Waals surface area contributed by atoms with Crippen molar-refractivity contribution in [2.75, 3.05) is 6.54 Å². The third-order valence-corrected chi connectivity index (χ3v) is 6.23. The molecule has 0 unspecified atom stereocenters. The van der Waals surface area contributed by atoms with Crippen molar-refractivity contribution >= 4 is 23.1 Å². The monoisotopic (exact) mass is 521 g/mol. The molecule has 0 atom stereocenters. The molecule has 1 amide bonds. The van der Waals surface area contributed by atoms with Gasteiger partial charge in [0.1, 0.15) is 0 Å². The molecule has 0 radical (unpaired) electrons. The zero-order valence-corrected chi connectivity index (χ0v) is 22.7. The molecule has 0 aliphatic carbocycles. The molecule has 4 nitrogen and oxygen atoms in total. The second-order valence-corrected chi connectivity index (χ2v) is 9.13. The number of nitrogens with zero attached hydrogens (tertiary/aromatic N) is 1. The summed E-state index contributed by atoms with van der Waals surface area (Å²) in [5, 5.41) is 6.18. The molecule has 0 aliphatic heterocycles. The highest BCUT2D eigenvalue weighted by molar-refractivity contribution is 7.80. The van der Waals surface area contributed by atoms with Gasteiger partial charge in [0.2, 0.25) is 0 Å². The number of aromatic nitrogens is 1. The van der Waals surface area contributed by atoms with Crippen molar-refractivity contribution in [2.45, 2.75) is 32.7 Å². The molecule has 2 N–H and O–H groups in total. The lowest BCUT2D eigenvalue weighted by Gasteiger charge is -2.13. The molecule has 5 heteroatoms. The maximum absolute atomic E-state index is 12.7. The zero-order valence-electron chi connectivity index (χ0n) is 21.9. The van der Waals surface area contributed by atoms with Gasteiger partial charge >= 0.3 is 0 Å². The lowest BCUT2D eigenvalue weighted by Crippen LogP contribution is -2.26. The Bertz CT molecular complexity index is 1310. The Hall–Kier alpha value is -4.09. The highest BCUT2D eigenvalue weighted by Gasteiger charge is 2.13. The quantitative estimate of drug-likeness (QED) is 0.175. The Morgan fingerprint density at radius 1 is 0.868 bits per heavy atom. The Morgan fingerprint density at radius 3 is 2.26 bits per heavy atom. The number of carbonyl (C=O) groups excluding carboxylic acids is 1. The van der Waals surface area contributed by atoms with E-state index in [0.29, 0.717) is 12.1 Å². The summed E-state index contributed by atoms with van der Waals surface area (Å²) in [5.41, 5.74) is 6.29. The van der Waals surface area contributed by atoms with Gasteiger partial charge in [-0.15, -0.1) is 6.58 Å². The van der Waals surface area contributed by atoms with Crippen molar-refractivity contribution in [2.24, 2.45) is 0 Å². The van der Waals surface area contributed by atoms with Gasteiger partial charge in [-0.2, -0.15) is 0 Å². The van der Waals surface area contributed by atoms with Gasteiger partial charge in [0, 0.05) is 43.4 Å². The number of benzene rings is 3. The number of carbonyl (C=O) groups is 1. The van der Waals surface area contributed by atoms with Gasteiger partial charge in [-0.05, 0) is 46.9 Å². The van der Waals surface area contributed by atoms with E-state index in [-0.39, 0.29) is 5.91 Å². The van der Waals surface area contributed by atoms with Crippen LogP contribution in [-0.4, -0.2) is 22.4 Å². The summed E-state index contributed by atoms with van der Waals surface area (Å²) < 4.78 is 0. The van der Waals surface area contributed by atoms with Crippen LogP contribution in [0.2, 0.25) is 0 Å². The van der Waals surface area contributed by atoms with E-state index in [2.05, 4.69) is 53.4 Å². The summed E-state index contributed by atoms with van der Waals surface area (Å²) in [5.74, 6) is -0.0440. The van der Waals surface area contributed by atoms with Crippen molar-refractivity contribution in [3.63, 3.8) is 0 Å². The van der Waals surface area contributed by atoms with Crippen LogP contribution in [-0.2, 0) is 19.4 Å². The maximum Gasteiger partial charge on any atom is 0.251 e. The second kappa shape index (κ2) is 15.9. The molecular weight excluding hydrogens is 486 g/mol. The zero-order chi connectivity index (χ0) is 27.0. The van der Waals surface area contributed by atoms with E-state index in [4.69, 9.17) is 12.2 Å². The van der Waals surface area contributed by atoms with Crippen LogP contribution in [0.15, 0.2) is 116 Å². The number of rotatable bonds is 10. The van der Waals surface area contributed by atoms with Gasteiger partial charge in [0.15, 0.2) is 0 Å². The fourth-order valence-electron chi connectivity index (χ4n) is 3.95. The van der Waals surface area contributed by atoms with E-state index in [1.165, 1.54) is 11.1 Å². The minimum atomic E-state index is -0.0440. The normalized spacial score (nSPS) is 10.0. The van der Waals surface area contributed by atoms with E-state index >= 15 is 0 Å². The number of hydrogen-bond acceptors (Lipinski definition) is 3. The molecule has 1 aromatic heterocycles. The average Bonchev–Trinajstić information content (AvgIpc) is 2.97. The van der Waals surface area contributed by atoms with Crippen LogP contribution in [0.25, 0.3) is 11.1 Å². The van der Waals surface area contributed by atoms with Gasteiger partial charge in [0.25, 0.3) is 5.91 Å². The topological polar surface area (TPSA) is 54.0 Å². The highest BCUT2D eigenvalue weighted by atomic mass is 32.1. The molecule has 0 saturated carbocycles. The molecule has 4 aromatic rings. The molecular formula is C33H35N3OS. The first-order valence-corrected chi connectivity index (χ1v) is 13.3. The molecule has 0 bridgehead atoms. The molecule has 4 rings (SSSR count). The lowest BCUT2D eigenvalue weighted by molar-refractivity contribution is 0.0954. The first-order chi connectivity index (χ1) is 18.6. The molecule has 0 saturated heterocycles. The van der Waals surface area contributed by atoms with Crippen LogP contribution in [0.1, 0.15) is 40.5 Å². The summed E-state index contributed by atoms with van der Waals surface area (Å²) in [7, 11) is 0. The highest BCUT2D eigenvalue weighted by Crippen LogP contribution is 2.27. The van der Waals surface area contributed by atoms with E-state index in [0.717, 1.165) is 47.6 Å². The first kappa shape index (κ1) is 28.5. The Kier molecular flexibility index (Phi) is 11.9. The lowest BCUT2D eigenvalue weighted by atomic mass is 9.94. The number of amides is 1. The van der Waals surface area contributed by atoms with Crippen LogP contribution in [0, 0.1) is 0 Å². The van der Waals surface area contributed by atoms with Gasteiger partial charge in [-0.3, -0.25) is 9.78 Å². The molecule has 1 heterocycles. The number of nitrogens with one attached hydrogen (secondary N) is 2. The standard InChI is InChI=1S/C22H22N2O.C11H13NS/c1-2-17-9-3-4-11-19(17)20-12-5-6-13-21(20)22(25)24-16-14-18-10-7-8-15-23-18;1-2-6-11(13)12-9-10-7-4-3-5-8-10/h3-13,15H,2,14,16H2,1H3,(H,24,25);2-5,7-8H,1,6,9H2,(H,12,13). The van der Waals surface area contributed by atoms with Crippen LogP contribution in [0.5, 0.6) is 0 Å². The average molecular weight is 522 g/mol. The fourth-order valence-corrected chi connectivity index (χ4v) is 4.14. The molecule has 0 aliphatic rings. The summed E-state index contributed by atoms with van der Waals surface area (Å²) in [6.07, 6.45) is 5.99. The molecule has 0 fully saturated rings. The first-order valence-electron chi connectivity index (χ1n) is 12.9. The van der Waals surface area contributed by atoms with Crippen molar-refractivity contribution in [3.05, 3.63) is 138 Å². The van der Waals surface area contributed by atoms with Crippen LogP contribution >= 0.6 is 12.2 Å². The van der Waals surface area contributed by atoms with Crippen LogP contribution in [0.4, 0.5) is 0 Å². The summed E-state index contributed by atoms with van der Waals surface area (Å²) in [6.45, 7) is 7.13. The molecule has 3 aromatic carbocycles. The number of pyridine rings is 1. The van der Waals surface area contributed by atoms with E-state index in [1.54, 1.807) is 12.3 Å².